The van der Waals surface area contributed by atoms with Crippen molar-refractivity contribution in [2.45, 2.75) is 39.2 Å². The Morgan fingerprint density at radius 1 is 1.36 bits per heavy atom. The number of hydrogen-bond acceptors (Lipinski definition) is 7. The first-order valence-corrected chi connectivity index (χ1v) is 12.7. The summed E-state index contributed by atoms with van der Waals surface area (Å²) in [5, 5.41) is 2.83. The third kappa shape index (κ3) is 5.74. The van der Waals surface area contributed by atoms with Gasteiger partial charge < -0.3 is 9.64 Å². The average molecular weight is 492 g/mol. The molecule has 2 fully saturated rings. The van der Waals surface area contributed by atoms with Crippen LogP contribution in [0.3, 0.4) is 0 Å². The molecule has 0 radical (unpaired) electrons. The van der Waals surface area contributed by atoms with Crippen LogP contribution in [0.4, 0.5) is 9.18 Å². The van der Waals surface area contributed by atoms with Gasteiger partial charge in [-0.1, -0.05) is 26.1 Å². The molecule has 4 rings (SSSR count). The predicted octanol–water partition coefficient (Wildman–Crippen LogP) is 4.11. The Labute approximate surface area is 204 Å². The SMILES string of the molecule is CCN(CC)[C@@H]1CCN(C(=O)Oc2cc(F)ccc2/C=C2\SC(N3CCCCN3)=NC2=S)C1. The number of amides is 1. The lowest BCUT2D eigenvalue weighted by atomic mass is 10.2. The number of benzene rings is 1. The Morgan fingerprint density at radius 3 is 2.91 bits per heavy atom. The summed E-state index contributed by atoms with van der Waals surface area (Å²) in [6.45, 7) is 9.18. The zero-order valence-electron chi connectivity index (χ0n) is 19.1. The van der Waals surface area contributed by atoms with Crippen LogP contribution in [0.2, 0.25) is 0 Å². The maximum absolute atomic E-state index is 14.0. The maximum Gasteiger partial charge on any atom is 0.415 e. The van der Waals surface area contributed by atoms with Crippen LogP contribution < -0.4 is 10.2 Å². The maximum atomic E-state index is 14.0. The molecule has 1 aromatic carbocycles. The van der Waals surface area contributed by atoms with Gasteiger partial charge in [-0.05, 0) is 62.3 Å². The zero-order chi connectivity index (χ0) is 23.4. The summed E-state index contributed by atoms with van der Waals surface area (Å²) in [6.07, 6.45) is 4.51. The fourth-order valence-electron chi connectivity index (χ4n) is 4.33. The molecule has 3 aliphatic rings. The fourth-order valence-corrected chi connectivity index (χ4v) is 5.57. The lowest BCUT2D eigenvalue weighted by Crippen LogP contribution is -2.45. The summed E-state index contributed by atoms with van der Waals surface area (Å²) < 4.78 is 19.7. The van der Waals surface area contributed by atoms with Crippen LogP contribution in [0.15, 0.2) is 28.1 Å². The molecule has 7 nitrogen and oxygen atoms in total. The average Bonchev–Trinajstić information content (AvgIpc) is 3.45. The molecule has 0 bridgehead atoms. The molecule has 3 aliphatic heterocycles. The molecule has 0 aromatic heterocycles. The minimum atomic E-state index is -0.460. The highest BCUT2D eigenvalue weighted by atomic mass is 32.2. The molecule has 1 atom stereocenters. The lowest BCUT2D eigenvalue weighted by Gasteiger charge is -2.28. The fraction of sp³-hybridized carbons (Fsp3) is 0.522. The number of hydrogen-bond donors (Lipinski definition) is 1. The number of aliphatic imine (C=N–C) groups is 1. The van der Waals surface area contributed by atoms with Gasteiger partial charge in [-0.15, -0.1) is 0 Å². The summed E-state index contributed by atoms with van der Waals surface area (Å²) >= 11 is 6.93. The van der Waals surface area contributed by atoms with E-state index in [9.17, 15) is 9.18 Å². The number of likely N-dealkylation sites (N-methyl/N-ethyl adjacent to an activating group) is 1. The molecule has 3 heterocycles. The first kappa shape index (κ1) is 24.1. The number of likely N-dealkylation sites (tertiary alicyclic amines) is 1. The molecule has 0 aliphatic carbocycles. The minimum absolute atomic E-state index is 0.187. The Kier molecular flexibility index (Phi) is 8.00. The van der Waals surface area contributed by atoms with E-state index in [1.807, 2.05) is 11.1 Å². The Hall–Kier alpha value is -2.01. The summed E-state index contributed by atoms with van der Waals surface area (Å²) in [4.78, 5) is 22.7. The van der Waals surface area contributed by atoms with Gasteiger partial charge in [-0.25, -0.2) is 19.6 Å². The van der Waals surface area contributed by atoms with E-state index >= 15 is 0 Å². The number of thioether (sulfide) groups is 1. The van der Waals surface area contributed by atoms with Gasteiger partial charge in [0.2, 0.25) is 0 Å². The number of nitrogens with one attached hydrogen (secondary N) is 1. The molecule has 0 unspecified atom stereocenters. The Bertz CT molecular complexity index is 960. The van der Waals surface area contributed by atoms with Crippen molar-refractivity contribution in [2.75, 3.05) is 39.3 Å². The van der Waals surface area contributed by atoms with E-state index in [4.69, 9.17) is 17.0 Å². The third-order valence-corrected chi connectivity index (χ3v) is 7.63. The molecule has 0 spiro atoms. The highest BCUT2D eigenvalue weighted by Gasteiger charge is 2.31. The normalized spacial score (nSPS) is 22.4. The van der Waals surface area contributed by atoms with Crippen LogP contribution in [0.1, 0.15) is 38.7 Å². The third-order valence-electron chi connectivity index (χ3n) is 6.16. The van der Waals surface area contributed by atoms with Gasteiger partial charge >= 0.3 is 6.09 Å². The van der Waals surface area contributed by atoms with Crippen LogP contribution in [-0.4, -0.2) is 76.4 Å². The van der Waals surface area contributed by atoms with E-state index < -0.39 is 11.9 Å². The van der Waals surface area contributed by atoms with Gasteiger partial charge in [0, 0.05) is 43.9 Å². The van der Waals surface area contributed by atoms with Crippen LogP contribution in [0, 0.1) is 5.82 Å². The molecular formula is C23H30FN5O2S2. The summed E-state index contributed by atoms with van der Waals surface area (Å²) in [6, 6.07) is 4.53. The summed E-state index contributed by atoms with van der Waals surface area (Å²) in [5.41, 5.74) is 3.92. The van der Waals surface area contributed by atoms with Crippen molar-refractivity contribution in [3.63, 3.8) is 0 Å². The van der Waals surface area contributed by atoms with Crippen LogP contribution >= 0.6 is 24.0 Å². The topological polar surface area (TPSA) is 60.4 Å². The van der Waals surface area contributed by atoms with E-state index in [2.05, 4.69) is 29.2 Å². The number of ether oxygens (including phenoxy) is 1. The summed E-state index contributed by atoms with van der Waals surface area (Å²) in [5.74, 6) is -0.273. The highest BCUT2D eigenvalue weighted by Crippen LogP contribution is 2.34. The minimum Gasteiger partial charge on any atom is -0.409 e. The number of rotatable bonds is 5. The van der Waals surface area contributed by atoms with Gasteiger partial charge in [0.05, 0.1) is 4.91 Å². The van der Waals surface area contributed by atoms with Crippen molar-refractivity contribution in [3.8, 4) is 5.75 Å². The number of amidine groups is 1. The number of nitrogens with zero attached hydrogens (tertiary/aromatic N) is 4. The Morgan fingerprint density at radius 2 is 2.18 bits per heavy atom. The lowest BCUT2D eigenvalue weighted by molar-refractivity contribution is 0.154. The number of thiocarbonyl (C=S) groups is 1. The van der Waals surface area contributed by atoms with Crippen molar-refractivity contribution in [1.82, 2.24) is 20.2 Å². The predicted molar refractivity (Wildman–Crippen MR) is 135 cm³/mol. The van der Waals surface area contributed by atoms with Crippen molar-refractivity contribution in [2.24, 2.45) is 4.99 Å². The zero-order valence-corrected chi connectivity index (χ0v) is 20.7. The second-order valence-corrected chi connectivity index (χ2v) is 9.63. The van der Waals surface area contributed by atoms with E-state index in [1.54, 1.807) is 11.0 Å². The summed E-state index contributed by atoms with van der Waals surface area (Å²) in [7, 11) is 0. The standard InChI is InChI=1S/C23H30FN5O2S2/c1-3-27(4-2)18-9-12-28(15-18)23(30)31-19-14-17(24)8-7-16(19)13-20-21(32)26-22(33-20)29-11-6-5-10-25-29/h7-8,13-14,18,25H,3-6,9-12,15H2,1-2H3/b20-13-/t18-/m1/s1. The first-order chi connectivity index (χ1) is 16.0. The van der Waals surface area contributed by atoms with E-state index in [-0.39, 0.29) is 5.75 Å². The molecule has 1 N–H and O–H groups in total. The van der Waals surface area contributed by atoms with Crippen LogP contribution in [-0.2, 0) is 0 Å². The van der Waals surface area contributed by atoms with E-state index in [0.29, 0.717) is 29.7 Å². The molecule has 10 heteroatoms. The van der Waals surface area contributed by atoms with Crippen molar-refractivity contribution in [3.05, 3.63) is 34.5 Å². The van der Waals surface area contributed by atoms with Gasteiger partial charge in [0.25, 0.3) is 0 Å². The van der Waals surface area contributed by atoms with Crippen LogP contribution in [0.25, 0.3) is 6.08 Å². The molecule has 2 saturated heterocycles. The molecule has 0 saturated carbocycles. The molecule has 178 valence electrons. The van der Waals surface area contributed by atoms with Gasteiger partial charge in [-0.3, -0.25) is 9.91 Å². The molecular weight excluding hydrogens is 461 g/mol. The van der Waals surface area contributed by atoms with Crippen molar-refractivity contribution < 1.29 is 13.9 Å². The van der Waals surface area contributed by atoms with Crippen molar-refractivity contribution >= 4 is 46.3 Å². The number of hydrazine groups is 1. The number of halogens is 1. The molecule has 33 heavy (non-hydrogen) atoms. The largest absolute Gasteiger partial charge is 0.415 e. The van der Waals surface area contributed by atoms with Gasteiger partial charge in [0.1, 0.15) is 16.6 Å². The van der Waals surface area contributed by atoms with Gasteiger partial charge in [0.15, 0.2) is 5.17 Å². The second-order valence-electron chi connectivity index (χ2n) is 8.24. The quantitative estimate of drug-likeness (QED) is 0.491. The van der Waals surface area contributed by atoms with Crippen LogP contribution in [0.5, 0.6) is 5.75 Å². The Balaban J connectivity index is 1.46. The first-order valence-electron chi connectivity index (χ1n) is 11.5. The smallest absolute Gasteiger partial charge is 0.409 e. The molecule has 1 amide bonds. The molecule has 1 aromatic rings. The number of carbonyl (C=O) groups is 1. The van der Waals surface area contributed by atoms with Gasteiger partial charge in [-0.2, -0.15) is 0 Å². The highest BCUT2D eigenvalue weighted by molar-refractivity contribution is 8.19. The number of carbonyl (C=O) groups excluding carboxylic acids is 1. The van der Waals surface area contributed by atoms with E-state index in [0.717, 1.165) is 55.5 Å². The van der Waals surface area contributed by atoms with E-state index in [1.165, 1.54) is 23.9 Å². The second kappa shape index (κ2) is 10.9. The van der Waals surface area contributed by atoms with Crippen molar-refractivity contribution in [1.29, 1.82) is 0 Å². The monoisotopic (exact) mass is 491 g/mol.